The van der Waals surface area contributed by atoms with Gasteiger partial charge < -0.3 is 10.0 Å². The molecule has 2 fully saturated rings. The number of benzene rings is 3. The van der Waals surface area contributed by atoms with E-state index in [4.69, 9.17) is 0 Å². The summed E-state index contributed by atoms with van der Waals surface area (Å²) in [7, 11) is 1.83. The van der Waals surface area contributed by atoms with E-state index in [2.05, 4.69) is 55.2 Å². The minimum absolute atomic E-state index is 0.0523. The van der Waals surface area contributed by atoms with Crippen LogP contribution < -0.4 is 4.90 Å². The van der Waals surface area contributed by atoms with Crippen LogP contribution in [-0.2, 0) is 4.79 Å². The fourth-order valence-corrected chi connectivity index (χ4v) is 9.05. The fourth-order valence-electron chi connectivity index (χ4n) is 9.05. The van der Waals surface area contributed by atoms with Crippen molar-refractivity contribution < 1.29 is 14.7 Å². The molecule has 0 bridgehead atoms. The van der Waals surface area contributed by atoms with Crippen molar-refractivity contribution in [2.45, 2.75) is 70.3 Å². The van der Waals surface area contributed by atoms with Crippen molar-refractivity contribution in [1.29, 1.82) is 0 Å². The van der Waals surface area contributed by atoms with Gasteiger partial charge in [-0.1, -0.05) is 73.0 Å². The lowest BCUT2D eigenvalue weighted by Gasteiger charge is -2.53. The summed E-state index contributed by atoms with van der Waals surface area (Å²) in [6, 6.07) is 26.4. The number of hydrogen-bond donors (Lipinski definition) is 1. The summed E-state index contributed by atoms with van der Waals surface area (Å²) in [5.41, 5.74) is 7.69. The van der Waals surface area contributed by atoms with Crippen molar-refractivity contribution in [2.24, 2.45) is 17.3 Å². The lowest BCUT2D eigenvalue weighted by Crippen LogP contribution is -2.51. The molecule has 3 aromatic rings. The van der Waals surface area contributed by atoms with E-state index in [0.717, 1.165) is 48.9 Å². The minimum Gasteiger partial charge on any atom is -0.377 e. The Morgan fingerprint density at radius 2 is 1.62 bits per heavy atom. The van der Waals surface area contributed by atoms with Gasteiger partial charge in [-0.3, -0.25) is 9.59 Å². The van der Waals surface area contributed by atoms with Gasteiger partial charge in [0, 0.05) is 36.1 Å². The first-order valence-electron chi connectivity index (χ1n) is 16.4. The maximum Gasteiger partial charge on any atom is 0.258 e. The third kappa shape index (κ3) is 4.89. The molecule has 1 N–H and O–H groups in total. The van der Waals surface area contributed by atoms with E-state index in [9.17, 15) is 14.7 Å². The Morgan fingerprint density at radius 3 is 2.33 bits per heavy atom. The molecule has 3 aromatic carbocycles. The first-order valence-corrected chi connectivity index (χ1v) is 16.4. The van der Waals surface area contributed by atoms with Crippen molar-refractivity contribution in [3.8, 4) is 23.0 Å². The molecule has 0 saturated heterocycles. The lowest BCUT2D eigenvalue weighted by atomic mass is 9.51. The van der Waals surface area contributed by atoms with Gasteiger partial charge >= 0.3 is 0 Å². The Balaban J connectivity index is 1.20. The van der Waals surface area contributed by atoms with Gasteiger partial charge in [0.2, 0.25) is 0 Å². The van der Waals surface area contributed by atoms with Gasteiger partial charge in [-0.25, -0.2) is 0 Å². The van der Waals surface area contributed by atoms with Crippen molar-refractivity contribution in [2.75, 3.05) is 11.9 Å². The van der Waals surface area contributed by atoms with E-state index in [1.807, 2.05) is 62.5 Å². The molecule has 0 heterocycles. The van der Waals surface area contributed by atoms with Crippen LogP contribution in [0.15, 0.2) is 102 Å². The SMILES string of the molecule is CC#C[C@]1(O)CC[C@H]2[C@@H]3CCC4=CC(=O)CCC4=C3[C@@H](c3ccc(N(C)C(=O)c4ccc(-c5ccccc5)cc4)cc3)C[C@@]21C. The summed E-state index contributed by atoms with van der Waals surface area (Å²) in [6.45, 7) is 4.09. The highest BCUT2D eigenvalue weighted by atomic mass is 16.3. The van der Waals surface area contributed by atoms with Gasteiger partial charge in [-0.15, -0.1) is 5.92 Å². The quantitative estimate of drug-likeness (QED) is 0.309. The number of fused-ring (bicyclic) bond motifs is 4. The normalized spacial score (nSPS) is 28.7. The molecule has 2 saturated carbocycles. The first kappa shape index (κ1) is 29.5. The van der Waals surface area contributed by atoms with E-state index >= 15 is 0 Å². The highest BCUT2D eigenvalue weighted by Gasteiger charge is 2.62. The molecule has 0 unspecified atom stereocenters. The summed E-state index contributed by atoms with van der Waals surface area (Å²) < 4.78 is 0. The van der Waals surface area contributed by atoms with Gasteiger partial charge in [-0.2, -0.15) is 0 Å². The number of ketones is 1. The summed E-state index contributed by atoms with van der Waals surface area (Å²) in [6.07, 6.45) is 7.75. The Bertz CT molecular complexity index is 1770. The zero-order valence-corrected chi connectivity index (χ0v) is 26.5. The van der Waals surface area contributed by atoms with Gasteiger partial charge in [-0.05, 0) is 115 Å². The van der Waals surface area contributed by atoms with Crippen LogP contribution in [0.4, 0.5) is 5.69 Å². The average molecular weight is 596 g/mol. The van der Waals surface area contributed by atoms with Gasteiger partial charge in [0.25, 0.3) is 5.91 Å². The molecule has 45 heavy (non-hydrogen) atoms. The number of carbonyl (C=O) groups excluding carboxylic acids is 2. The van der Waals surface area contributed by atoms with E-state index < -0.39 is 5.60 Å². The summed E-state index contributed by atoms with van der Waals surface area (Å²) in [4.78, 5) is 27.6. The third-order valence-electron chi connectivity index (χ3n) is 11.4. The molecule has 5 atom stereocenters. The fraction of sp³-hybridized carbons (Fsp3) is 0.366. The second kappa shape index (κ2) is 11.3. The Labute approximate surface area is 266 Å². The first-order chi connectivity index (χ1) is 21.7. The average Bonchev–Trinajstić information content (AvgIpc) is 3.33. The van der Waals surface area contributed by atoms with Gasteiger partial charge in [0.15, 0.2) is 5.78 Å². The zero-order valence-electron chi connectivity index (χ0n) is 26.5. The van der Waals surface area contributed by atoms with Crippen LogP contribution in [-0.4, -0.2) is 29.4 Å². The third-order valence-corrected chi connectivity index (χ3v) is 11.4. The van der Waals surface area contributed by atoms with Crippen LogP contribution in [0.2, 0.25) is 0 Å². The number of amides is 1. The predicted molar refractivity (Wildman–Crippen MR) is 180 cm³/mol. The number of anilines is 1. The van der Waals surface area contributed by atoms with Crippen LogP contribution >= 0.6 is 0 Å². The molecule has 4 aliphatic carbocycles. The molecule has 4 heteroatoms. The van der Waals surface area contributed by atoms with E-state index in [-0.39, 0.29) is 23.0 Å². The number of nitrogens with zero attached hydrogens (tertiary/aromatic N) is 1. The predicted octanol–water partition coefficient (Wildman–Crippen LogP) is 8.28. The zero-order chi connectivity index (χ0) is 31.3. The molecular formula is C41H41NO3. The summed E-state index contributed by atoms with van der Waals surface area (Å²) >= 11 is 0. The number of hydrogen-bond acceptors (Lipinski definition) is 3. The molecule has 228 valence electrons. The Kier molecular flexibility index (Phi) is 7.41. The van der Waals surface area contributed by atoms with Crippen molar-refractivity contribution in [3.63, 3.8) is 0 Å². The van der Waals surface area contributed by atoms with Crippen LogP contribution in [0.5, 0.6) is 0 Å². The summed E-state index contributed by atoms with van der Waals surface area (Å²) in [5, 5.41) is 11.9. The van der Waals surface area contributed by atoms with Crippen molar-refractivity contribution in [1.82, 2.24) is 0 Å². The summed E-state index contributed by atoms with van der Waals surface area (Å²) in [5.74, 6) is 7.36. The van der Waals surface area contributed by atoms with Crippen molar-refractivity contribution in [3.05, 3.63) is 113 Å². The molecule has 0 aromatic heterocycles. The van der Waals surface area contributed by atoms with E-state index in [0.29, 0.717) is 30.2 Å². The number of aliphatic hydroxyl groups is 1. The smallest absolute Gasteiger partial charge is 0.258 e. The lowest BCUT2D eigenvalue weighted by molar-refractivity contribution is -0.114. The second-order valence-corrected chi connectivity index (χ2v) is 13.7. The van der Waals surface area contributed by atoms with Crippen molar-refractivity contribution >= 4 is 17.4 Å². The van der Waals surface area contributed by atoms with Gasteiger partial charge in [0.05, 0.1) is 0 Å². The highest BCUT2D eigenvalue weighted by Crippen LogP contribution is 2.66. The largest absolute Gasteiger partial charge is 0.377 e. The van der Waals surface area contributed by atoms with E-state index in [1.54, 1.807) is 4.90 Å². The van der Waals surface area contributed by atoms with Crippen LogP contribution in [0, 0.1) is 29.1 Å². The Morgan fingerprint density at radius 1 is 0.911 bits per heavy atom. The maximum atomic E-state index is 13.5. The molecule has 7 rings (SSSR count). The van der Waals surface area contributed by atoms with Crippen LogP contribution in [0.3, 0.4) is 0 Å². The van der Waals surface area contributed by atoms with Crippen LogP contribution in [0.25, 0.3) is 11.1 Å². The van der Waals surface area contributed by atoms with E-state index in [1.165, 1.54) is 22.3 Å². The molecule has 4 aliphatic rings. The molecule has 0 radical (unpaired) electrons. The molecule has 1 amide bonds. The molecular weight excluding hydrogens is 554 g/mol. The molecule has 0 spiro atoms. The molecule has 0 aliphatic heterocycles. The Hall–Kier alpha value is -4.20. The molecule has 4 nitrogen and oxygen atoms in total. The number of allylic oxidation sites excluding steroid dienone is 4. The van der Waals surface area contributed by atoms with Crippen LogP contribution in [0.1, 0.15) is 80.6 Å². The number of rotatable bonds is 4. The monoisotopic (exact) mass is 595 g/mol. The minimum atomic E-state index is -0.998. The number of carbonyl (C=O) groups is 2. The second-order valence-electron chi connectivity index (χ2n) is 13.7. The van der Waals surface area contributed by atoms with Gasteiger partial charge in [0.1, 0.15) is 5.60 Å². The highest BCUT2D eigenvalue weighted by molar-refractivity contribution is 6.06. The topological polar surface area (TPSA) is 57.6 Å². The standard InChI is InChI=1S/C41H41NO3/c1-4-23-41(45)24-22-37-35-20-16-31-25-33(43)19-21-34(31)38(35)36(26-40(37,41)2)29-14-17-32(18-15-29)42(3)39(44)30-12-10-28(11-13-30)27-8-6-5-7-9-27/h5-15,17-18,25,35-37,45H,16,19-22,24,26H2,1-3H3/t35-,36+,37-,40-,41-/m0/s1. The maximum absolute atomic E-state index is 13.5.